The number of aromatic nitrogens is 1. The number of amides is 1. The molecule has 1 aromatic rings. The van der Waals surface area contributed by atoms with Gasteiger partial charge in [-0.2, -0.15) is 0 Å². The average Bonchev–Trinajstić information content (AvgIpc) is 2.86. The second kappa shape index (κ2) is 7.53. The highest BCUT2D eigenvalue weighted by Crippen LogP contribution is 2.24. The summed E-state index contributed by atoms with van der Waals surface area (Å²) in [5.41, 5.74) is 0.505. The average molecular weight is 321 g/mol. The number of pyridine rings is 1. The topological polar surface area (TPSA) is 72.5 Å². The molecule has 1 aliphatic rings. The molecule has 1 fully saturated rings. The zero-order valence-electron chi connectivity index (χ0n) is 14.4. The van der Waals surface area contributed by atoms with Crippen molar-refractivity contribution in [2.45, 2.75) is 64.6 Å². The van der Waals surface area contributed by atoms with E-state index in [-0.39, 0.29) is 12.1 Å². The number of ether oxygens (including phenoxy) is 2. The molecule has 0 bridgehead atoms. The summed E-state index contributed by atoms with van der Waals surface area (Å²) in [7, 11) is 0. The third-order valence-corrected chi connectivity index (χ3v) is 3.55. The fourth-order valence-corrected chi connectivity index (χ4v) is 2.65. The van der Waals surface area contributed by atoms with Gasteiger partial charge in [0.2, 0.25) is 5.88 Å². The summed E-state index contributed by atoms with van der Waals surface area (Å²) in [6, 6.07) is 4.30. The summed E-state index contributed by atoms with van der Waals surface area (Å²) in [6.07, 6.45) is 4.27. The first kappa shape index (κ1) is 17.4. The molecule has 0 aromatic carbocycles. The highest BCUT2D eigenvalue weighted by atomic mass is 16.6. The molecule has 1 aliphatic carbocycles. The van der Waals surface area contributed by atoms with E-state index in [9.17, 15) is 4.79 Å². The van der Waals surface area contributed by atoms with Crippen molar-refractivity contribution < 1.29 is 14.3 Å². The van der Waals surface area contributed by atoms with Gasteiger partial charge in [-0.05, 0) is 53.0 Å². The number of nitrogens with zero attached hydrogens (tertiary/aromatic N) is 1. The van der Waals surface area contributed by atoms with Crippen molar-refractivity contribution >= 4 is 11.8 Å². The molecule has 1 heterocycles. The summed E-state index contributed by atoms with van der Waals surface area (Å²) in [4.78, 5) is 16.0. The molecule has 1 saturated carbocycles. The van der Waals surface area contributed by atoms with Crippen LogP contribution in [-0.4, -0.2) is 35.4 Å². The van der Waals surface area contributed by atoms with Crippen LogP contribution in [0, 0.1) is 0 Å². The Morgan fingerprint density at radius 2 is 2.04 bits per heavy atom. The lowest BCUT2D eigenvalue weighted by molar-refractivity contribution is 0.0505. The molecule has 6 heteroatoms. The van der Waals surface area contributed by atoms with Gasteiger partial charge in [-0.15, -0.1) is 0 Å². The van der Waals surface area contributed by atoms with Crippen LogP contribution in [-0.2, 0) is 4.74 Å². The Bertz CT molecular complexity index is 511. The van der Waals surface area contributed by atoms with Gasteiger partial charge >= 0.3 is 6.09 Å². The number of anilines is 1. The number of rotatable bonds is 5. The number of alkyl carbamates (subject to hydrolysis) is 1. The standard InChI is InChI=1S/C17H27N3O3/c1-5-22-15-9-8-14(11-18-15)19-12-6-7-13(10-12)20-16(21)23-17(2,3)4/h8-9,11-13,19H,5-7,10H2,1-4H3,(H,20,21). The van der Waals surface area contributed by atoms with Crippen molar-refractivity contribution in [2.24, 2.45) is 0 Å². The minimum absolute atomic E-state index is 0.151. The summed E-state index contributed by atoms with van der Waals surface area (Å²) < 4.78 is 10.6. The third-order valence-electron chi connectivity index (χ3n) is 3.55. The fraction of sp³-hybridized carbons (Fsp3) is 0.647. The lowest BCUT2D eigenvalue weighted by Crippen LogP contribution is -2.38. The van der Waals surface area contributed by atoms with E-state index < -0.39 is 5.60 Å². The van der Waals surface area contributed by atoms with E-state index in [1.54, 1.807) is 6.20 Å². The lowest BCUT2D eigenvalue weighted by atomic mass is 10.2. The molecule has 0 saturated heterocycles. The highest BCUT2D eigenvalue weighted by Gasteiger charge is 2.27. The molecule has 1 amide bonds. The van der Waals surface area contributed by atoms with Crippen molar-refractivity contribution in [3.05, 3.63) is 18.3 Å². The maximum Gasteiger partial charge on any atom is 0.407 e. The number of hydrogen-bond donors (Lipinski definition) is 2. The summed E-state index contributed by atoms with van der Waals surface area (Å²) >= 11 is 0. The van der Waals surface area contributed by atoms with Crippen LogP contribution >= 0.6 is 0 Å². The molecule has 128 valence electrons. The maximum absolute atomic E-state index is 11.8. The Balaban J connectivity index is 1.77. The van der Waals surface area contributed by atoms with Gasteiger partial charge in [-0.1, -0.05) is 0 Å². The van der Waals surface area contributed by atoms with Crippen molar-refractivity contribution in [1.29, 1.82) is 0 Å². The van der Waals surface area contributed by atoms with Crippen LogP contribution < -0.4 is 15.4 Å². The van der Waals surface area contributed by atoms with E-state index in [1.165, 1.54) is 0 Å². The number of nitrogens with one attached hydrogen (secondary N) is 2. The van der Waals surface area contributed by atoms with Crippen molar-refractivity contribution in [1.82, 2.24) is 10.3 Å². The predicted octanol–water partition coefficient (Wildman–Crippen LogP) is 3.34. The first-order valence-corrected chi connectivity index (χ1v) is 8.20. The maximum atomic E-state index is 11.8. The zero-order chi connectivity index (χ0) is 16.9. The van der Waals surface area contributed by atoms with Gasteiger partial charge in [0, 0.05) is 18.2 Å². The van der Waals surface area contributed by atoms with Gasteiger partial charge in [0.25, 0.3) is 0 Å². The predicted molar refractivity (Wildman–Crippen MR) is 89.8 cm³/mol. The lowest BCUT2D eigenvalue weighted by Gasteiger charge is -2.22. The Morgan fingerprint density at radius 1 is 1.30 bits per heavy atom. The van der Waals surface area contributed by atoms with E-state index in [4.69, 9.17) is 9.47 Å². The van der Waals surface area contributed by atoms with Crippen LogP contribution in [0.3, 0.4) is 0 Å². The Morgan fingerprint density at radius 3 is 2.65 bits per heavy atom. The molecule has 0 spiro atoms. The van der Waals surface area contributed by atoms with Crippen LogP contribution in [0.15, 0.2) is 18.3 Å². The highest BCUT2D eigenvalue weighted by molar-refractivity contribution is 5.68. The summed E-state index contributed by atoms with van der Waals surface area (Å²) in [5.74, 6) is 0.633. The fourth-order valence-electron chi connectivity index (χ4n) is 2.65. The Hall–Kier alpha value is -1.98. The van der Waals surface area contributed by atoms with E-state index in [0.29, 0.717) is 18.5 Å². The van der Waals surface area contributed by atoms with Crippen LogP contribution in [0.25, 0.3) is 0 Å². The van der Waals surface area contributed by atoms with Crippen LogP contribution in [0.2, 0.25) is 0 Å². The number of carbonyl (C=O) groups is 1. The van der Waals surface area contributed by atoms with E-state index in [2.05, 4.69) is 15.6 Å². The monoisotopic (exact) mass is 321 g/mol. The molecule has 2 rings (SSSR count). The van der Waals surface area contributed by atoms with Gasteiger partial charge in [0.15, 0.2) is 0 Å². The Kier molecular flexibility index (Phi) is 5.69. The third kappa shape index (κ3) is 5.96. The van der Waals surface area contributed by atoms with E-state index >= 15 is 0 Å². The molecule has 2 atom stereocenters. The van der Waals surface area contributed by atoms with E-state index in [0.717, 1.165) is 24.9 Å². The van der Waals surface area contributed by atoms with Crippen molar-refractivity contribution in [2.75, 3.05) is 11.9 Å². The molecule has 1 aromatic heterocycles. The van der Waals surface area contributed by atoms with Gasteiger partial charge in [0.1, 0.15) is 5.60 Å². The molecular formula is C17H27N3O3. The van der Waals surface area contributed by atoms with Crippen molar-refractivity contribution in [3.63, 3.8) is 0 Å². The second-order valence-corrected chi connectivity index (χ2v) is 6.82. The number of carbonyl (C=O) groups excluding carboxylic acids is 1. The minimum atomic E-state index is -0.464. The van der Waals surface area contributed by atoms with Gasteiger partial charge in [0.05, 0.1) is 18.5 Å². The quantitative estimate of drug-likeness (QED) is 0.870. The molecular weight excluding hydrogens is 294 g/mol. The first-order valence-electron chi connectivity index (χ1n) is 8.20. The summed E-state index contributed by atoms with van der Waals surface area (Å²) in [6.45, 7) is 8.14. The Labute approximate surface area is 138 Å². The van der Waals surface area contributed by atoms with Crippen LogP contribution in [0.1, 0.15) is 47.0 Å². The van der Waals surface area contributed by atoms with Gasteiger partial charge in [-0.3, -0.25) is 0 Å². The van der Waals surface area contributed by atoms with E-state index in [1.807, 2.05) is 39.8 Å². The molecule has 0 radical (unpaired) electrons. The normalized spacial score (nSPS) is 20.9. The molecule has 6 nitrogen and oxygen atoms in total. The largest absolute Gasteiger partial charge is 0.478 e. The summed E-state index contributed by atoms with van der Waals surface area (Å²) in [5, 5.41) is 6.39. The zero-order valence-corrected chi connectivity index (χ0v) is 14.4. The molecule has 0 aliphatic heterocycles. The first-order chi connectivity index (χ1) is 10.9. The van der Waals surface area contributed by atoms with Crippen molar-refractivity contribution in [3.8, 4) is 5.88 Å². The second-order valence-electron chi connectivity index (χ2n) is 6.82. The van der Waals surface area contributed by atoms with Gasteiger partial charge < -0.3 is 20.1 Å². The van der Waals surface area contributed by atoms with Crippen LogP contribution in [0.5, 0.6) is 5.88 Å². The molecule has 2 N–H and O–H groups in total. The smallest absolute Gasteiger partial charge is 0.407 e. The molecule has 23 heavy (non-hydrogen) atoms. The SMILES string of the molecule is CCOc1ccc(NC2CCC(NC(=O)OC(C)(C)C)C2)cn1. The molecule has 2 unspecified atom stereocenters. The van der Waals surface area contributed by atoms with Crippen LogP contribution in [0.4, 0.5) is 10.5 Å². The van der Waals surface area contributed by atoms with Gasteiger partial charge in [-0.25, -0.2) is 9.78 Å². The minimum Gasteiger partial charge on any atom is -0.478 e. The number of hydrogen-bond acceptors (Lipinski definition) is 5.